The molecule has 0 saturated carbocycles. The normalized spacial score (nSPS) is 14.0. The van der Waals surface area contributed by atoms with Crippen molar-refractivity contribution in [1.29, 1.82) is 0 Å². The number of amides is 1. The minimum absolute atomic E-state index is 0.103. The van der Waals surface area contributed by atoms with Crippen molar-refractivity contribution in [2.45, 2.75) is 36.6 Å². The first kappa shape index (κ1) is 17.8. The Hall–Kier alpha value is -1.99. The molecule has 6 nitrogen and oxygen atoms in total. The first-order valence-corrected chi connectivity index (χ1v) is 9.17. The van der Waals surface area contributed by atoms with Crippen LogP contribution in [0, 0.1) is 0 Å². The third-order valence-electron chi connectivity index (χ3n) is 4.00. The van der Waals surface area contributed by atoms with Gasteiger partial charge in [-0.3, -0.25) is 9.59 Å². The van der Waals surface area contributed by atoms with Crippen molar-refractivity contribution in [3.8, 4) is 5.75 Å². The summed E-state index contributed by atoms with van der Waals surface area (Å²) in [5.74, 6) is 0.299. The summed E-state index contributed by atoms with van der Waals surface area (Å²) in [7, 11) is 1.52. The van der Waals surface area contributed by atoms with Crippen LogP contribution in [0.5, 0.6) is 5.75 Å². The van der Waals surface area contributed by atoms with Crippen LogP contribution < -0.4 is 15.6 Å². The Morgan fingerprint density at radius 2 is 2.24 bits per heavy atom. The van der Waals surface area contributed by atoms with Gasteiger partial charge in [-0.25, -0.2) is 4.98 Å². The fraction of sp³-hybridized carbons (Fsp3) is 0.353. The molecular weight excluding hydrogens is 362 g/mol. The molecule has 1 aliphatic carbocycles. The predicted octanol–water partition coefficient (Wildman–Crippen LogP) is 3.04. The third kappa shape index (κ3) is 3.99. The average molecular weight is 380 g/mol. The molecule has 0 bridgehead atoms. The van der Waals surface area contributed by atoms with E-state index in [-0.39, 0.29) is 11.5 Å². The van der Waals surface area contributed by atoms with Gasteiger partial charge < -0.3 is 15.0 Å². The summed E-state index contributed by atoms with van der Waals surface area (Å²) >= 11 is 7.19. The Labute approximate surface area is 154 Å². The minimum atomic E-state index is -0.453. The van der Waals surface area contributed by atoms with Gasteiger partial charge in [0.15, 0.2) is 5.16 Å². The number of fused-ring (bicyclic) bond motifs is 1. The van der Waals surface area contributed by atoms with Crippen LogP contribution in [0.4, 0.5) is 5.69 Å². The topological polar surface area (TPSA) is 84.1 Å². The number of nitrogens with one attached hydrogen (secondary N) is 2. The highest BCUT2D eigenvalue weighted by Gasteiger charge is 2.21. The number of H-pyrrole nitrogens is 1. The highest BCUT2D eigenvalue weighted by Crippen LogP contribution is 2.29. The highest BCUT2D eigenvalue weighted by atomic mass is 35.5. The molecule has 132 valence electrons. The smallest absolute Gasteiger partial charge is 0.254 e. The molecule has 0 saturated heterocycles. The number of thioether (sulfide) groups is 1. The van der Waals surface area contributed by atoms with Crippen molar-refractivity contribution in [3.05, 3.63) is 44.8 Å². The number of anilines is 1. The molecule has 0 aliphatic heterocycles. The molecule has 0 unspecified atom stereocenters. The van der Waals surface area contributed by atoms with E-state index >= 15 is 0 Å². The summed E-state index contributed by atoms with van der Waals surface area (Å²) in [6.07, 6.45) is 2.53. The maximum Gasteiger partial charge on any atom is 0.254 e. The first-order valence-electron chi connectivity index (χ1n) is 7.91. The Bertz CT molecular complexity index is 869. The fourth-order valence-electron chi connectivity index (χ4n) is 2.71. The largest absolute Gasteiger partial charge is 0.495 e. The van der Waals surface area contributed by atoms with E-state index in [0.29, 0.717) is 21.6 Å². The number of rotatable bonds is 5. The number of hydrogen-bond acceptors (Lipinski definition) is 5. The quantitative estimate of drug-likeness (QED) is 0.616. The molecule has 1 aliphatic rings. The lowest BCUT2D eigenvalue weighted by atomic mass is 10.3. The summed E-state index contributed by atoms with van der Waals surface area (Å²) in [5.41, 5.74) is 2.01. The monoisotopic (exact) mass is 379 g/mol. The molecular formula is C17H18ClN3O3S. The number of carbonyl (C=O) groups is 1. The molecule has 1 atom stereocenters. The highest BCUT2D eigenvalue weighted by molar-refractivity contribution is 8.00. The van der Waals surface area contributed by atoms with E-state index in [1.807, 2.05) is 0 Å². The van der Waals surface area contributed by atoms with Crippen LogP contribution in [0.2, 0.25) is 5.02 Å². The summed E-state index contributed by atoms with van der Waals surface area (Å²) in [5, 5.41) is 3.31. The zero-order chi connectivity index (χ0) is 18.0. The minimum Gasteiger partial charge on any atom is -0.495 e. The zero-order valence-electron chi connectivity index (χ0n) is 13.9. The van der Waals surface area contributed by atoms with Crippen molar-refractivity contribution >= 4 is 35.0 Å². The second kappa shape index (κ2) is 7.49. The SMILES string of the molecule is COc1ccc(Cl)cc1NC(=O)[C@@H](C)Sc1nc2c(c(=O)[nH]1)CCC2. The number of aromatic nitrogens is 2. The van der Waals surface area contributed by atoms with Crippen LogP contribution in [-0.2, 0) is 17.6 Å². The fourth-order valence-corrected chi connectivity index (χ4v) is 3.70. The van der Waals surface area contributed by atoms with Gasteiger partial charge in [0, 0.05) is 10.6 Å². The van der Waals surface area contributed by atoms with Crippen LogP contribution in [-0.4, -0.2) is 28.2 Å². The number of nitrogens with zero attached hydrogens (tertiary/aromatic N) is 1. The number of benzene rings is 1. The number of ether oxygens (including phenoxy) is 1. The summed E-state index contributed by atoms with van der Waals surface area (Å²) in [6, 6.07) is 5.01. The number of hydrogen-bond donors (Lipinski definition) is 2. The molecule has 1 aromatic heterocycles. The van der Waals surface area contributed by atoms with E-state index in [0.717, 1.165) is 30.5 Å². The maximum atomic E-state index is 12.5. The summed E-state index contributed by atoms with van der Waals surface area (Å²) < 4.78 is 5.23. The molecule has 8 heteroatoms. The molecule has 0 spiro atoms. The van der Waals surface area contributed by atoms with E-state index in [1.54, 1.807) is 25.1 Å². The third-order valence-corrected chi connectivity index (χ3v) is 5.22. The Morgan fingerprint density at radius 1 is 1.44 bits per heavy atom. The number of carbonyl (C=O) groups excluding carboxylic acids is 1. The average Bonchev–Trinajstić information content (AvgIpc) is 3.04. The van der Waals surface area contributed by atoms with Gasteiger partial charge in [0.2, 0.25) is 5.91 Å². The number of aryl methyl sites for hydroxylation is 1. The van der Waals surface area contributed by atoms with Gasteiger partial charge in [-0.05, 0) is 44.4 Å². The molecule has 3 rings (SSSR count). The molecule has 0 fully saturated rings. The van der Waals surface area contributed by atoms with E-state index in [2.05, 4.69) is 15.3 Å². The maximum absolute atomic E-state index is 12.5. The number of aromatic amines is 1. The first-order chi connectivity index (χ1) is 12.0. The van der Waals surface area contributed by atoms with E-state index in [9.17, 15) is 9.59 Å². The lowest BCUT2D eigenvalue weighted by Crippen LogP contribution is -2.24. The second-order valence-corrected chi connectivity index (χ2v) is 7.51. The van der Waals surface area contributed by atoms with Crippen LogP contribution in [0.3, 0.4) is 0 Å². The molecule has 0 radical (unpaired) electrons. The van der Waals surface area contributed by atoms with Gasteiger partial charge in [0.1, 0.15) is 5.75 Å². The number of halogens is 1. The molecule has 25 heavy (non-hydrogen) atoms. The van der Waals surface area contributed by atoms with Crippen LogP contribution >= 0.6 is 23.4 Å². The van der Waals surface area contributed by atoms with Crippen molar-refractivity contribution in [2.24, 2.45) is 0 Å². The number of methoxy groups -OCH3 is 1. The standard InChI is InChI=1S/C17H18ClN3O3S/c1-9(15(22)19-13-8-10(18)6-7-14(13)24-2)25-17-20-12-5-3-4-11(12)16(23)21-17/h6-9H,3-5H2,1-2H3,(H,19,22)(H,20,21,23)/t9-/m1/s1. The van der Waals surface area contributed by atoms with Crippen molar-refractivity contribution in [1.82, 2.24) is 9.97 Å². The Balaban J connectivity index is 1.72. The molecule has 2 N–H and O–H groups in total. The van der Waals surface area contributed by atoms with Crippen LogP contribution in [0.25, 0.3) is 0 Å². The van der Waals surface area contributed by atoms with Crippen LogP contribution in [0.1, 0.15) is 24.6 Å². The van der Waals surface area contributed by atoms with E-state index < -0.39 is 5.25 Å². The summed E-state index contributed by atoms with van der Waals surface area (Å²) in [4.78, 5) is 31.8. The van der Waals surface area contributed by atoms with Crippen molar-refractivity contribution in [2.75, 3.05) is 12.4 Å². The Kier molecular flexibility index (Phi) is 5.34. The van der Waals surface area contributed by atoms with Gasteiger partial charge in [-0.15, -0.1) is 0 Å². The molecule has 1 aromatic carbocycles. The van der Waals surface area contributed by atoms with Gasteiger partial charge >= 0.3 is 0 Å². The second-order valence-electron chi connectivity index (χ2n) is 5.74. The Morgan fingerprint density at radius 3 is 3.00 bits per heavy atom. The lowest BCUT2D eigenvalue weighted by molar-refractivity contribution is -0.115. The van der Waals surface area contributed by atoms with Crippen molar-refractivity contribution in [3.63, 3.8) is 0 Å². The molecule has 1 heterocycles. The van der Waals surface area contributed by atoms with Gasteiger partial charge in [0.25, 0.3) is 5.56 Å². The van der Waals surface area contributed by atoms with E-state index in [1.165, 1.54) is 18.9 Å². The van der Waals surface area contributed by atoms with Gasteiger partial charge in [-0.1, -0.05) is 23.4 Å². The van der Waals surface area contributed by atoms with Gasteiger partial charge in [-0.2, -0.15) is 0 Å². The predicted molar refractivity (Wildman–Crippen MR) is 98.8 cm³/mol. The lowest BCUT2D eigenvalue weighted by Gasteiger charge is -2.14. The van der Waals surface area contributed by atoms with E-state index in [4.69, 9.17) is 16.3 Å². The van der Waals surface area contributed by atoms with Gasteiger partial charge in [0.05, 0.1) is 23.7 Å². The zero-order valence-corrected chi connectivity index (χ0v) is 15.5. The van der Waals surface area contributed by atoms with Crippen LogP contribution in [0.15, 0.2) is 28.2 Å². The summed E-state index contributed by atoms with van der Waals surface area (Å²) in [6.45, 7) is 1.75. The molecule has 2 aromatic rings. The van der Waals surface area contributed by atoms with Crippen molar-refractivity contribution < 1.29 is 9.53 Å². The molecule has 1 amide bonds.